The molecule has 10 heteroatoms. The van der Waals surface area contributed by atoms with Crippen LogP contribution in [0.5, 0.6) is 5.75 Å². The van der Waals surface area contributed by atoms with Crippen LogP contribution in [0.1, 0.15) is 32.5 Å². The largest absolute Gasteiger partial charge is 0.508 e. The summed E-state index contributed by atoms with van der Waals surface area (Å²) in [6.07, 6.45) is 1.30. The van der Waals surface area contributed by atoms with Gasteiger partial charge in [-0.1, -0.05) is 12.1 Å². The van der Waals surface area contributed by atoms with E-state index < -0.39 is 29.5 Å². The van der Waals surface area contributed by atoms with E-state index in [-0.39, 0.29) is 28.6 Å². The average Bonchev–Trinajstić information content (AvgIpc) is 3.52. The van der Waals surface area contributed by atoms with Crippen LogP contribution in [-0.4, -0.2) is 42.9 Å². The summed E-state index contributed by atoms with van der Waals surface area (Å²) in [6.45, 7) is 0. The number of H-pyrrole nitrogens is 1. The number of carboxylic acid groups (broad SMARTS) is 1. The number of phenolic OH excluding ortho intramolecular Hbond substituents is 1. The van der Waals surface area contributed by atoms with E-state index in [0.29, 0.717) is 16.6 Å². The Morgan fingerprint density at radius 1 is 1.06 bits per heavy atom. The highest BCUT2D eigenvalue weighted by atomic mass is 16.4. The van der Waals surface area contributed by atoms with Gasteiger partial charge in [-0.25, -0.2) is 9.78 Å². The van der Waals surface area contributed by atoms with E-state index in [4.69, 9.17) is 4.42 Å². The number of benzene rings is 2. The van der Waals surface area contributed by atoms with Crippen molar-refractivity contribution in [1.82, 2.24) is 9.97 Å². The first kappa shape index (κ1) is 20.1. The van der Waals surface area contributed by atoms with Crippen LogP contribution in [0, 0.1) is 0 Å². The molecule has 1 aliphatic rings. The molecule has 2 aromatic carbocycles. The maximum absolute atomic E-state index is 13.1. The van der Waals surface area contributed by atoms with Crippen molar-refractivity contribution < 1.29 is 34.1 Å². The lowest BCUT2D eigenvalue weighted by Crippen LogP contribution is -2.32. The number of aliphatic hydroxyl groups is 1. The highest BCUT2D eigenvalue weighted by Crippen LogP contribution is 2.41. The number of aromatic hydroxyl groups is 1. The number of furan rings is 1. The number of phenols is 1. The minimum Gasteiger partial charge on any atom is -0.508 e. The van der Waals surface area contributed by atoms with Crippen LogP contribution in [0.2, 0.25) is 0 Å². The summed E-state index contributed by atoms with van der Waals surface area (Å²) in [4.78, 5) is 45.9. The molecular formula is C23H15N3O7. The van der Waals surface area contributed by atoms with Crippen LogP contribution >= 0.6 is 0 Å². The zero-order valence-corrected chi connectivity index (χ0v) is 16.7. The van der Waals surface area contributed by atoms with Gasteiger partial charge in [-0.05, 0) is 48.0 Å². The molecule has 2 aromatic heterocycles. The minimum absolute atomic E-state index is 0.00408. The minimum atomic E-state index is -1.13. The molecule has 4 N–H and O–H groups in total. The highest BCUT2D eigenvalue weighted by Gasteiger charge is 2.46. The molecule has 5 rings (SSSR count). The number of hydrogen-bond donors (Lipinski definition) is 4. The van der Waals surface area contributed by atoms with E-state index in [2.05, 4.69) is 9.97 Å². The second kappa shape index (κ2) is 7.38. The normalized spacial score (nSPS) is 16.1. The lowest BCUT2D eigenvalue weighted by atomic mass is 9.95. The summed E-state index contributed by atoms with van der Waals surface area (Å²) < 4.78 is 5.18. The predicted molar refractivity (Wildman–Crippen MR) is 114 cm³/mol. The van der Waals surface area contributed by atoms with Gasteiger partial charge in [-0.3, -0.25) is 14.5 Å². The van der Waals surface area contributed by atoms with Gasteiger partial charge >= 0.3 is 5.97 Å². The van der Waals surface area contributed by atoms with Crippen molar-refractivity contribution in [3.8, 4) is 5.75 Å². The molecule has 10 nitrogen and oxygen atoms in total. The average molecular weight is 445 g/mol. The summed E-state index contributed by atoms with van der Waals surface area (Å²) in [5.41, 5.74) is 0.972. The summed E-state index contributed by atoms with van der Waals surface area (Å²) >= 11 is 0. The number of ketones is 1. The fraction of sp³-hybridized carbons (Fsp3) is 0.0435. The number of aromatic amines is 1. The topological polar surface area (TPSA) is 157 Å². The van der Waals surface area contributed by atoms with Gasteiger partial charge in [0.05, 0.1) is 34.5 Å². The predicted octanol–water partition coefficient (Wildman–Crippen LogP) is 3.34. The van der Waals surface area contributed by atoms with Gasteiger partial charge < -0.3 is 24.7 Å². The van der Waals surface area contributed by atoms with E-state index in [0.717, 1.165) is 4.90 Å². The third-order valence-electron chi connectivity index (χ3n) is 5.35. The molecule has 0 bridgehead atoms. The highest BCUT2D eigenvalue weighted by molar-refractivity contribution is 6.20. The van der Waals surface area contributed by atoms with E-state index >= 15 is 0 Å². The number of imidazole rings is 1. The first-order chi connectivity index (χ1) is 15.8. The molecule has 1 unspecified atom stereocenters. The zero-order chi connectivity index (χ0) is 23.3. The molecule has 0 spiro atoms. The van der Waals surface area contributed by atoms with Gasteiger partial charge in [-0.15, -0.1) is 0 Å². The third kappa shape index (κ3) is 3.21. The molecule has 0 saturated carbocycles. The summed E-state index contributed by atoms with van der Waals surface area (Å²) in [6, 6.07) is 11.9. The molecular weight excluding hydrogens is 430 g/mol. The van der Waals surface area contributed by atoms with E-state index in [1.807, 2.05) is 0 Å². The molecule has 4 aromatic rings. The fourth-order valence-electron chi connectivity index (χ4n) is 3.81. The number of fused-ring (bicyclic) bond motifs is 1. The van der Waals surface area contributed by atoms with Crippen molar-refractivity contribution in [2.24, 2.45) is 0 Å². The summed E-state index contributed by atoms with van der Waals surface area (Å²) in [5, 5.41) is 29.6. The molecule has 0 saturated heterocycles. The van der Waals surface area contributed by atoms with Crippen LogP contribution in [0.4, 0.5) is 5.95 Å². The fourth-order valence-corrected chi connectivity index (χ4v) is 3.81. The number of carboxylic acids is 1. The number of hydrogen-bond acceptors (Lipinski definition) is 7. The number of nitrogens with zero attached hydrogens (tertiary/aromatic N) is 2. The van der Waals surface area contributed by atoms with E-state index in [1.54, 1.807) is 0 Å². The number of carbonyl (C=O) groups excluding carboxylic acids is 2. The molecule has 1 atom stereocenters. The number of anilines is 1. The molecule has 1 amide bonds. The maximum Gasteiger partial charge on any atom is 0.335 e. The molecule has 0 fully saturated rings. The maximum atomic E-state index is 13.1. The van der Waals surface area contributed by atoms with Gasteiger partial charge in [0.1, 0.15) is 5.75 Å². The van der Waals surface area contributed by atoms with Gasteiger partial charge in [0, 0.05) is 0 Å². The lowest BCUT2D eigenvalue weighted by molar-refractivity contribution is -0.117. The van der Waals surface area contributed by atoms with Crippen LogP contribution in [-0.2, 0) is 4.79 Å². The Morgan fingerprint density at radius 2 is 1.82 bits per heavy atom. The zero-order valence-electron chi connectivity index (χ0n) is 16.7. The number of aliphatic hydroxyl groups excluding tert-OH is 1. The molecule has 33 heavy (non-hydrogen) atoms. The van der Waals surface area contributed by atoms with Crippen molar-refractivity contribution in [3.05, 3.63) is 89.1 Å². The van der Waals surface area contributed by atoms with Crippen LogP contribution in [0.3, 0.4) is 0 Å². The number of nitrogens with one attached hydrogen (secondary N) is 1. The van der Waals surface area contributed by atoms with Gasteiger partial charge in [-0.2, -0.15) is 0 Å². The SMILES string of the molecule is O=C(O)c1ccc2nc(N3C(=O)C(O)=C(C(=O)c4ccco4)C3c3ccc(O)cc3)[nH]c2c1. The van der Waals surface area contributed by atoms with Crippen molar-refractivity contribution in [3.63, 3.8) is 0 Å². The number of aromatic carboxylic acids is 1. The molecule has 3 heterocycles. The van der Waals surface area contributed by atoms with Gasteiger partial charge in [0.2, 0.25) is 11.7 Å². The number of amides is 1. The Balaban J connectivity index is 1.67. The van der Waals surface area contributed by atoms with Crippen molar-refractivity contribution in [2.75, 3.05) is 4.90 Å². The monoisotopic (exact) mass is 445 g/mol. The second-order valence-corrected chi connectivity index (χ2v) is 7.34. The lowest BCUT2D eigenvalue weighted by Gasteiger charge is -2.24. The first-order valence-corrected chi connectivity index (χ1v) is 9.72. The Labute approximate surface area is 185 Å². The Kier molecular flexibility index (Phi) is 4.49. The number of rotatable bonds is 5. The number of Topliss-reactive ketones (excluding diaryl/α,β-unsaturated/α-hetero) is 1. The van der Waals surface area contributed by atoms with Gasteiger partial charge in [0.25, 0.3) is 5.91 Å². The number of carbonyl (C=O) groups is 3. The Morgan fingerprint density at radius 3 is 2.48 bits per heavy atom. The molecule has 0 radical (unpaired) electrons. The number of aromatic nitrogens is 2. The van der Waals surface area contributed by atoms with E-state index in [9.17, 15) is 29.7 Å². The van der Waals surface area contributed by atoms with Crippen LogP contribution < -0.4 is 4.90 Å². The summed E-state index contributed by atoms with van der Waals surface area (Å²) in [7, 11) is 0. The Hall–Kier alpha value is -4.86. The van der Waals surface area contributed by atoms with Crippen molar-refractivity contribution >= 4 is 34.6 Å². The molecule has 1 aliphatic heterocycles. The smallest absolute Gasteiger partial charge is 0.335 e. The first-order valence-electron chi connectivity index (χ1n) is 9.72. The molecule has 164 valence electrons. The standard InChI is InChI=1S/C23H15N3O7/c27-13-6-3-11(4-7-13)18-17(19(28)16-2-1-9-33-16)20(29)21(30)26(18)23-24-14-8-5-12(22(31)32)10-15(14)25-23/h1-10,18,27,29H,(H,24,25)(H,31,32). The third-order valence-corrected chi connectivity index (χ3v) is 5.35. The van der Waals surface area contributed by atoms with Crippen molar-refractivity contribution in [1.29, 1.82) is 0 Å². The van der Waals surface area contributed by atoms with Gasteiger partial charge in [0.15, 0.2) is 11.5 Å². The van der Waals surface area contributed by atoms with E-state index in [1.165, 1.54) is 60.9 Å². The van der Waals surface area contributed by atoms with Crippen LogP contribution in [0.25, 0.3) is 11.0 Å². The Bertz CT molecular complexity index is 1450. The van der Waals surface area contributed by atoms with Crippen LogP contribution in [0.15, 0.2) is 76.6 Å². The molecule has 0 aliphatic carbocycles. The summed E-state index contributed by atoms with van der Waals surface area (Å²) in [5.74, 6) is -3.53. The second-order valence-electron chi connectivity index (χ2n) is 7.34. The quantitative estimate of drug-likeness (QED) is 0.341. The van der Waals surface area contributed by atoms with Crippen molar-refractivity contribution in [2.45, 2.75) is 6.04 Å².